The molecule has 0 radical (unpaired) electrons. The second kappa shape index (κ2) is 5.68. The predicted octanol–water partition coefficient (Wildman–Crippen LogP) is 2.70. The molecule has 1 N–H and O–H groups in total. The number of nitrogens with one attached hydrogen (secondary N) is 1. The molecule has 28 heavy (non-hydrogen) atoms. The van der Waals surface area contributed by atoms with Gasteiger partial charge in [-0.2, -0.15) is 13.2 Å². The average molecular weight is 390 g/mol. The van der Waals surface area contributed by atoms with Crippen LogP contribution in [-0.4, -0.2) is 29.2 Å². The molecule has 0 aromatic heterocycles. The van der Waals surface area contributed by atoms with Gasteiger partial charge in [-0.25, -0.2) is 0 Å². The summed E-state index contributed by atoms with van der Waals surface area (Å²) in [6, 6.07) is 4.61. The maximum atomic E-state index is 13.1. The van der Waals surface area contributed by atoms with Crippen molar-refractivity contribution in [2.45, 2.75) is 12.6 Å². The molecule has 1 aromatic carbocycles. The molecule has 5 nitrogen and oxygen atoms in total. The third kappa shape index (κ3) is 2.43. The molecule has 3 fully saturated rings. The fourth-order valence-corrected chi connectivity index (χ4v) is 5.35. The van der Waals surface area contributed by atoms with Crippen molar-refractivity contribution < 1.29 is 27.6 Å². The Hall–Kier alpha value is -2.64. The lowest BCUT2D eigenvalue weighted by Crippen LogP contribution is -2.40. The van der Waals surface area contributed by atoms with Crippen molar-refractivity contribution in [1.82, 2.24) is 4.90 Å². The van der Waals surface area contributed by atoms with E-state index in [0.717, 1.165) is 23.5 Å². The normalized spacial score (nSPS) is 35.0. The van der Waals surface area contributed by atoms with E-state index in [0.29, 0.717) is 11.8 Å². The molecule has 1 saturated heterocycles. The Morgan fingerprint density at radius 1 is 1.04 bits per heavy atom. The second-order valence-corrected chi connectivity index (χ2v) is 8.01. The second-order valence-electron chi connectivity index (χ2n) is 8.01. The van der Waals surface area contributed by atoms with E-state index in [-0.39, 0.29) is 29.3 Å². The maximum absolute atomic E-state index is 13.1. The first-order valence-electron chi connectivity index (χ1n) is 9.27. The van der Waals surface area contributed by atoms with E-state index < -0.39 is 36.0 Å². The van der Waals surface area contributed by atoms with Crippen molar-refractivity contribution in [3.8, 4) is 0 Å². The number of para-hydroxylation sites is 1. The summed E-state index contributed by atoms with van der Waals surface area (Å²) < 4.78 is 39.3. The molecule has 6 rings (SSSR count). The fraction of sp³-hybridized carbons (Fsp3) is 0.450. The number of imide groups is 1. The fourth-order valence-electron chi connectivity index (χ4n) is 5.35. The van der Waals surface area contributed by atoms with Crippen molar-refractivity contribution >= 4 is 23.4 Å². The molecule has 1 aromatic rings. The first-order valence-corrected chi connectivity index (χ1v) is 9.27. The van der Waals surface area contributed by atoms with Crippen LogP contribution in [0.15, 0.2) is 36.4 Å². The van der Waals surface area contributed by atoms with Crippen molar-refractivity contribution in [2.75, 3.05) is 11.9 Å². The number of benzene rings is 1. The summed E-state index contributed by atoms with van der Waals surface area (Å²) in [5, 5.41) is 2.20. The Morgan fingerprint density at radius 3 is 2.18 bits per heavy atom. The third-order valence-corrected chi connectivity index (χ3v) is 6.56. The van der Waals surface area contributed by atoms with E-state index in [4.69, 9.17) is 0 Å². The molecule has 3 amide bonds. The predicted molar refractivity (Wildman–Crippen MR) is 91.5 cm³/mol. The first-order chi connectivity index (χ1) is 13.3. The molecular formula is C20H17F3N2O3. The highest BCUT2D eigenvalue weighted by molar-refractivity contribution is 6.09. The van der Waals surface area contributed by atoms with Crippen LogP contribution >= 0.6 is 0 Å². The first kappa shape index (κ1) is 17.5. The lowest BCUT2D eigenvalue weighted by molar-refractivity contribution is -0.143. The van der Waals surface area contributed by atoms with E-state index in [1.54, 1.807) is 0 Å². The number of hydrogen-bond donors (Lipinski definition) is 1. The van der Waals surface area contributed by atoms with Gasteiger partial charge in [0.15, 0.2) is 0 Å². The van der Waals surface area contributed by atoms with E-state index in [9.17, 15) is 27.6 Å². The average Bonchev–Trinajstić information content (AvgIpc) is 3.42. The van der Waals surface area contributed by atoms with E-state index >= 15 is 0 Å². The quantitative estimate of drug-likeness (QED) is 0.638. The lowest BCUT2D eigenvalue weighted by Gasteiger charge is -2.37. The molecule has 0 spiro atoms. The molecule has 6 atom stereocenters. The number of halogens is 3. The molecule has 4 aliphatic carbocycles. The number of hydrogen-bond acceptors (Lipinski definition) is 3. The molecule has 8 heteroatoms. The molecular weight excluding hydrogens is 373 g/mol. The Kier molecular flexibility index (Phi) is 3.54. The van der Waals surface area contributed by atoms with Crippen LogP contribution in [-0.2, 0) is 20.6 Å². The van der Waals surface area contributed by atoms with Crippen LogP contribution in [0.3, 0.4) is 0 Å². The largest absolute Gasteiger partial charge is 0.418 e. The SMILES string of the molecule is O=C(CN1C(=O)[C@@H]2[C@H]3C=C[C@@H]([C@@H]4C[C@H]34)[C@@H]2C1=O)Nc1ccccc1C(F)(F)F. The number of carbonyl (C=O) groups excluding carboxylic acids is 3. The molecule has 146 valence electrons. The number of anilines is 1. The highest BCUT2D eigenvalue weighted by atomic mass is 19.4. The smallest absolute Gasteiger partial charge is 0.324 e. The summed E-state index contributed by atoms with van der Waals surface area (Å²) in [4.78, 5) is 38.9. The van der Waals surface area contributed by atoms with Gasteiger partial charge in [0.05, 0.1) is 23.1 Å². The number of carbonyl (C=O) groups is 3. The number of allylic oxidation sites excluding steroid dienone is 2. The van der Waals surface area contributed by atoms with E-state index in [1.165, 1.54) is 12.1 Å². The molecule has 1 aliphatic heterocycles. The summed E-state index contributed by atoms with van der Waals surface area (Å²) in [5.74, 6) is -1.46. The van der Waals surface area contributed by atoms with Gasteiger partial charge in [-0.15, -0.1) is 0 Å². The molecule has 1 heterocycles. The summed E-state index contributed by atoms with van der Waals surface area (Å²) >= 11 is 0. The Labute approximate surface area is 158 Å². The van der Waals surface area contributed by atoms with Crippen LogP contribution in [0.2, 0.25) is 0 Å². The maximum Gasteiger partial charge on any atom is 0.418 e. The van der Waals surface area contributed by atoms with Crippen LogP contribution in [0.1, 0.15) is 12.0 Å². The minimum atomic E-state index is -4.62. The topological polar surface area (TPSA) is 66.5 Å². The number of alkyl halides is 3. The van der Waals surface area contributed by atoms with Gasteiger partial charge in [-0.3, -0.25) is 19.3 Å². The monoisotopic (exact) mass is 390 g/mol. The lowest BCUT2D eigenvalue weighted by atomic mass is 9.63. The minimum absolute atomic E-state index is 0.0375. The number of nitrogens with zero attached hydrogens (tertiary/aromatic N) is 1. The molecule has 0 unspecified atom stereocenters. The zero-order chi connectivity index (χ0) is 19.8. The van der Waals surface area contributed by atoms with Crippen molar-refractivity contribution in [3.63, 3.8) is 0 Å². The molecule has 2 saturated carbocycles. The van der Waals surface area contributed by atoms with Crippen LogP contribution in [0.5, 0.6) is 0 Å². The van der Waals surface area contributed by atoms with Crippen molar-refractivity contribution in [1.29, 1.82) is 0 Å². The summed E-state index contributed by atoms with van der Waals surface area (Å²) in [6.45, 7) is -0.564. The van der Waals surface area contributed by atoms with Crippen LogP contribution < -0.4 is 5.32 Å². The summed E-state index contributed by atoms with van der Waals surface area (Å²) in [5.41, 5.74) is -1.36. The van der Waals surface area contributed by atoms with Gasteiger partial charge >= 0.3 is 6.18 Å². The van der Waals surface area contributed by atoms with Gasteiger partial charge in [0, 0.05) is 0 Å². The number of rotatable bonds is 3. The standard InChI is InChI=1S/C20H17F3N2O3/c21-20(22,23)13-3-1-2-4-14(13)24-15(26)8-25-18(27)16-9-5-6-10(12-7-11(9)12)17(16)19(25)28/h1-6,9-12,16-17H,7-8H2,(H,24,26)/t9-,10-,11-,12+,16-,17+/m0/s1. The van der Waals surface area contributed by atoms with Gasteiger partial charge < -0.3 is 5.32 Å². The van der Waals surface area contributed by atoms with Crippen LogP contribution in [0.25, 0.3) is 0 Å². The Morgan fingerprint density at radius 2 is 1.61 bits per heavy atom. The Bertz CT molecular complexity index is 890. The van der Waals surface area contributed by atoms with Crippen molar-refractivity contribution in [2.24, 2.45) is 35.5 Å². The van der Waals surface area contributed by atoms with Gasteiger partial charge in [0.1, 0.15) is 6.54 Å². The molecule has 5 aliphatic rings. The van der Waals surface area contributed by atoms with E-state index in [2.05, 4.69) is 5.32 Å². The van der Waals surface area contributed by atoms with Gasteiger partial charge in [-0.1, -0.05) is 24.3 Å². The van der Waals surface area contributed by atoms with Crippen LogP contribution in [0.4, 0.5) is 18.9 Å². The number of amides is 3. The zero-order valence-corrected chi connectivity index (χ0v) is 14.6. The summed E-state index contributed by atoms with van der Waals surface area (Å²) in [6.07, 6.45) is 0.456. The van der Waals surface area contributed by atoms with Gasteiger partial charge in [0.25, 0.3) is 0 Å². The Balaban J connectivity index is 1.33. The highest BCUT2D eigenvalue weighted by Crippen LogP contribution is 2.65. The van der Waals surface area contributed by atoms with Crippen molar-refractivity contribution in [3.05, 3.63) is 42.0 Å². The minimum Gasteiger partial charge on any atom is -0.324 e. The zero-order valence-electron chi connectivity index (χ0n) is 14.6. The number of likely N-dealkylation sites (tertiary alicyclic amines) is 1. The van der Waals surface area contributed by atoms with Crippen LogP contribution in [0, 0.1) is 35.5 Å². The van der Waals surface area contributed by atoms with Gasteiger partial charge in [-0.05, 0) is 42.2 Å². The highest BCUT2D eigenvalue weighted by Gasteiger charge is 2.67. The summed E-state index contributed by atoms with van der Waals surface area (Å²) in [7, 11) is 0. The van der Waals surface area contributed by atoms with E-state index in [1.807, 2.05) is 12.2 Å². The molecule has 2 bridgehead atoms. The van der Waals surface area contributed by atoms with Gasteiger partial charge in [0.2, 0.25) is 17.7 Å². The third-order valence-electron chi connectivity index (χ3n) is 6.56.